The Morgan fingerprint density at radius 2 is 1.72 bits per heavy atom. The van der Waals surface area contributed by atoms with E-state index in [0.29, 0.717) is 28.6 Å². The van der Waals surface area contributed by atoms with Crippen molar-refractivity contribution in [2.75, 3.05) is 7.11 Å². The lowest BCUT2D eigenvalue weighted by Gasteiger charge is -2.06. The summed E-state index contributed by atoms with van der Waals surface area (Å²) in [4.78, 5) is 0. The van der Waals surface area contributed by atoms with Crippen LogP contribution < -0.4 is 4.74 Å². The van der Waals surface area contributed by atoms with Gasteiger partial charge in [-0.25, -0.2) is 4.68 Å². The molecule has 5 aromatic rings. The first-order valence-electron chi connectivity index (χ1n) is 8.98. The van der Waals surface area contributed by atoms with Gasteiger partial charge < -0.3 is 4.74 Å². The fourth-order valence-corrected chi connectivity index (χ4v) is 3.42. The minimum Gasteiger partial charge on any atom is -0.497 e. The number of aromatic nitrogens is 7. The third kappa shape index (κ3) is 2.98. The van der Waals surface area contributed by atoms with Gasteiger partial charge in [0.25, 0.3) is 0 Å². The van der Waals surface area contributed by atoms with Crippen LogP contribution in [-0.2, 0) is 6.54 Å². The topological polar surface area (TPSA) is 83.0 Å². The predicted molar refractivity (Wildman–Crippen MR) is 109 cm³/mol. The van der Waals surface area contributed by atoms with E-state index >= 15 is 0 Å². The van der Waals surface area contributed by atoms with E-state index < -0.39 is 0 Å². The normalized spacial score (nSPS) is 11.4. The van der Waals surface area contributed by atoms with Crippen molar-refractivity contribution >= 4 is 28.3 Å². The second-order valence-electron chi connectivity index (χ2n) is 6.64. The predicted octanol–water partition coefficient (Wildman–Crippen LogP) is 3.55. The number of nitrogens with zero attached hydrogens (tertiary/aromatic N) is 7. The molecule has 5 rings (SSSR count). The lowest BCUT2D eigenvalue weighted by Crippen LogP contribution is -2.05. The summed E-state index contributed by atoms with van der Waals surface area (Å²) in [5.41, 5.74) is 4.81. The van der Waals surface area contributed by atoms with Crippen LogP contribution in [0.15, 0.2) is 48.5 Å². The first kappa shape index (κ1) is 17.6. The first-order chi connectivity index (χ1) is 14.1. The Kier molecular flexibility index (Phi) is 4.13. The van der Waals surface area contributed by atoms with Gasteiger partial charge in [-0.3, -0.25) is 0 Å². The number of benzene rings is 2. The highest BCUT2D eigenvalue weighted by Crippen LogP contribution is 2.25. The molecule has 0 saturated heterocycles. The second-order valence-corrected chi connectivity index (χ2v) is 7.08. The van der Waals surface area contributed by atoms with E-state index in [9.17, 15) is 0 Å². The summed E-state index contributed by atoms with van der Waals surface area (Å²) in [6.07, 6.45) is 0. The molecule has 29 heavy (non-hydrogen) atoms. The van der Waals surface area contributed by atoms with Gasteiger partial charge in [0, 0.05) is 10.6 Å². The molecule has 0 fully saturated rings. The lowest BCUT2D eigenvalue weighted by atomic mass is 10.2. The Morgan fingerprint density at radius 3 is 2.45 bits per heavy atom. The number of rotatable bonds is 4. The Morgan fingerprint density at radius 1 is 0.966 bits per heavy atom. The average molecular weight is 406 g/mol. The molecule has 3 heterocycles. The maximum Gasteiger partial charge on any atom is 0.205 e. The maximum atomic E-state index is 6.01. The van der Waals surface area contributed by atoms with Crippen molar-refractivity contribution in [3.63, 3.8) is 0 Å². The second kappa shape index (κ2) is 6.82. The van der Waals surface area contributed by atoms with Crippen LogP contribution >= 0.6 is 11.6 Å². The van der Waals surface area contributed by atoms with Crippen LogP contribution in [0.4, 0.5) is 0 Å². The third-order valence-corrected chi connectivity index (χ3v) is 5.03. The third-order valence-electron chi connectivity index (χ3n) is 4.77. The molecule has 0 spiro atoms. The molecule has 0 unspecified atom stereocenters. The number of methoxy groups -OCH3 is 1. The van der Waals surface area contributed by atoms with Gasteiger partial charge in [-0.2, -0.15) is 9.61 Å². The number of halogens is 1. The van der Waals surface area contributed by atoms with Crippen molar-refractivity contribution in [3.05, 3.63) is 64.8 Å². The van der Waals surface area contributed by atoms with Gasteiger partial charge in [0.1, 0.15) is 16.8 Å². The van der Waals surface area contributed by atoms with E-state index in [1.54, 1.807) is 11.6 Å². The van der Waals surface area contributed by atoms with Gasteiger partial charge >= 0.3 is 0 Å². The van der Waals surface area contributed by atoms with Crippen molar-refractivity contribution < 1.29 is 4.74 Å². The number of fused-ring (bicyclic) bond motifs is 3. The molecule has 0 radical (unpaired) electrons. The number of ether oxygens (including phenoxy) is 1. The molecular weight excluding hydrogens is 390 g/mol. The molecule has 0 saturated carbocycles. The van der Waals surface area contributed by atoms with Crippen LogP contribution in [0.1, 0.15) is 11.3 Å². The highest BCUT2D eigenvalue weighted by molar-refractivity contribution is 6.30. The van der Waals surface area contributed by atoms with E-state index in [1.165, 1.54) is 0 Å². The standard InChI is InChI=1S/C20H16ClN7O/c1-12-17-18(27(26-22-17)11-13-3-9-16(29-2)10-4-13)20-24-23-19(28(20)25-12)14-5-7-15(21)8-6-14/h3-10H,11H2,1-2H3. The van der Waals surface area contributed by atoms with Crippen molar-refractivity contribution in [1.29, 1.82) is 0 Å². The quantitative estimate of drug-likeness (QED) is 0.454. The van der Waals surface area contributed by atoms with Crippen LogP contribution in [0.3, 0.4) is 0 Å². The monoisotopic (exact) mass is 405 g/mol. The summed E-state index contributed by atoms with van der Waals surface area (Å²) in [6.45, 7) is 2.45. The van der Waals surface area contributed by atoms with Crippen molar-refractivity contribution in [1.82, 2.24) is 34.8 Å². The number of hydrogen-bond donors (Lipinski definition) is 0. The molecule has 2 aromatic carbocycles. The summed E-state index contributed by atoms with van der Waals surface area (Å²) in [6, 6.07) is 15.3. The molecule has 0 aliphatic rings. The van der Waals surface area contributed by atoms with Gasteiger partial charge in [0.2, 0.25) is 5.65 Å². The summed E-state index contributed by atoms with van der Waals surface area (Å²) < 4.78 is 8.78. The molecule has 0 aliphatic heterocycles. The Hall–Kier alpha value is -3.52. The van der Waals surface area contributed by atoms with Gasteiger partial charge in [-0.05, 0) is 48.9 Å². The SMILES string of the molecule is COc1ccc(Cn2nnc3c(C)nn4c(-c5ccc(Cl)cc5)nnc4c32)cc1. The van der Waals surface area contributed by atoms with E-state index in [0.717, 1.165) is 28.1 Å². The largest absolute Gasteiger partial charge is 0.497 e. The molecule has 8 nitrogen and oxygen atoms in total. The smallest absolute Gasteiger partial charge is 0.205 e. The molecular formula is C20H16ClN7O. The van der Waals surface area contributed by atoms with E-state index in [4.69, 9.17) is 16.3 Å². The summed E-state index contributed by atoms with van der Waals surface area (Å²) in [5.74, 6) is 1.45. The molecule has 0 atom stereocenters. The van der Waals surface area contributed by atoms with Crippen LogP contribution in [0.2, 0.25) is 5.02 Å². The molecule has 0 N–H and O–H groups in total. The summed E-state index contributed by atoms with van der Waals surface area (Å²) >= 11 is 6.01. The fraction of sp³-hybridized carbons (Fsp3) is 0.150. The van der Waals surface area contributed by atoms with E-state index in [-0.39, 0.29) is 0 Å². The van der Waals surface area contributed by atoms with Crippen LogP contribution in [0.25, 0.3) is 28.1 Å². The maximum absolute atomic E-state index is 6.01. The molecule has 0 bridgehead atoms. The Labute approximate surface area is 170 Å². The molecule has 144 valence electrons. The Bertz CT molecular complexity index is 1320. The van der Waals surface area contributed by atoms with Crippen molar-refractivity contribution in [2.45, 2.75) is 13.5 Å². The lowest BCUT2D eigenvalue weighted by molar-refractivity contribution is 0.414. The molecule has 3 aromatic heterocycles. The Balaban J connectivity index is 1.65. The minimum absolute atomic E-state index is 0.544. The fourth-order valence-electron chi connectivity index (χ4n) is 3.29. The summed E-state index contributed by atoms with van der Waals surface area (Å²) in [5, 5.41) is 22.7. The van der Waals surface area contributed by atoms with E-state index in [2.05, 4.69) is 25.6 Å². The molecule has 9 heteroatoms. The van der Waals surface area contributed by atoms with Gasteiger partial charge in [0.05, 0.1) is 19.3 Å². The van der Waals surface area contributed by atoms with E-state index in [1.807, 2.05) is 60.1 Å². The highest BCUT2D eigenvalue weighted by Gasteiger charge is 2.19. The van der Waals surface area contributed by atoms with Crippen molar-refractivity contribution in [2.24, 2.45) is 0 Å². The summed E-state index contributed by atoms with van der Waals surface area (Å²) in [7, 11) is 1.65. The molecule has 0 aliphatic carbocycles. The minimum atomic E-state index is 0.544. The van der Waals surface area contributed by atoms with Crippen LogP contribution in [0.5, 0.6) is 5.75 Å². The zero-order valence-electron chi connectivity index (χ0n) is 15.7. The van der Waals surface area contributed by atoms with Crippen molar-refractivity contribution in [3.8, 4) is 17.1 Å². The highest BCUT2D eigenvalue weighted by atomic mass is 35.5. The average Bonchev–Trinajstić information content (AvgIpc) is 3.34. The van der Waals surface area contributed by atoms with Crippen LogP contribution in [-0.4, -0.2) is 41.9 Å². The van der Waals surface area contributed by atoms with Gasteiger partial charge in [-0.15, -0.1) is 15.3 Å². The van der Waals surface area contributed by atoms with Crippen LogP contribution in [0, 0.1) is 6.92 Å². The zero-order chi connectivity index (χ0) is 20.0. The van der Waals surface area contributed by atoms with Gasteiger partial charge in [0.15, 0.2) is 5.82 Å². The molecule has 0 amide bonds. The number of hydrogen-bond acceptors (Lipinski definition) is 6. The number of aryl methyl sites for hydroxylation is 1. The first-order valence-corrected chi connectivity index (χ1v) is 9.36. The zero-order valence-corrected chi connectivity index (χ0v) is 16.5. The van der Waals surface area contributed by atoms with Gasteiger partial charge in [-0.1, -0.05) is 28.9 Å².